The second-order valence-electron chi connectivity index (χ2n) is 3.81. The van der Waals surface area contributed by atoms with Crippen molar-refractivity contribution >= 4 is 67.2 Å². The van der Waals surface area contributed by atoms with Crippen molar-refractivity contribution in [1.29, 1.82) is 0 Å². The SMILES string of the molecule is O=C(OCC(Cl)CCCl)Oc1c(Br)cc(Br)cc1C(=O)O. The van der Waals surface area contributed by atoms with Crippen molar-refractivity contribution in [3.8, 4) is 5.75 Å². The summed E-state index contributed by atoms with van der Waals surface area (Å²) < 4.78 is 10.5. The Kier molecular flexibility index (Phi) is 7.79. The van der Waals surface area contributed by atoms with Crippen LogP contribution in [-0.2, 0) is 4.74 Å². The number of aromatic carboxylic acids is 1. The smallest absolute Gasteiger partial charge is 0.478 e. The largest absolute Gasteiger partial charge is 0.513 e. The topological polar surface area (TPSA) is 72.8 Å². The van der Waals surface area contributed by atoms with Gasteiger partial charge >= 0.3 is 12.1 Å². The number of carbonyl (C=O) groups excluding carboxylic acids is 1. The minimum atomic E-state index is -1.24. The normalized spacial score (nSPS) is 11.8. The van der Waals surface area contributed by atoms with Crippen LogP contribution in [-0.4, -0.2) is 35.1 Å². The summed E-state index contributed by atoms with van der Waals surface area (Å²) in [5.41, 5.74) is -0.184. The van der Waals surface area contributed by atoms with Gasteiger partial charge in [0.1, 0.15) is 12.2 Å². The first kappa shape index (κ1) is 18.5. The molecule has 0 aliphatic rings. The monoisotopic (exact) mass is 462 g/mol. The van der Waals surface area contributed by atoms with E-state index in [0.29, 0.717) is 21.2 Å². The predicted octanol–water partition coefficient (Wildman–Crippen LogP) is 4.66. The van der Waals surface area contributed by atoms with Gasteiger partial charge in [-0.2, -0.15) is 0 Å². The molecule has 1 aromatic carbocycles. The highest BCUT2D eigenvalue weighted by atomic mass is 79.9. The molecular weight excluding hydrogens is 455 g/mol. The van der Waals surface area contributed by atoms with Gasteiger partial charge in [0.15, 0.2) is 5.75 Å². The van der Waals surface area contributed by atoms with Gasteiger partial charge in [-0.25, -0.2) is 9.59 Å². The number of hydrogen-bond acceptors (Lipinski definition) is 4. The van der Waals surface area contributed by atoms with Gasteiger partial charge in [-0.15, -0.1) is 23.2 Å². The third kappa shape index (κ3) is 6.02. The van der Waals surface area contributed by atoms with Crippen LogP contribution in [0.1, 0.15) is 16.8 Å². The summed E-state index contributed by atoms with van der Waals surface area (Å²) >= 11 is 17.6. The van der Waals surface area contributed by atoms with Gasteiger partial charge in [0, 0.05) is 10.4 Å². The Hall–Kier alpha value is -0.500. The van der Waals surface area contributed by atoms with E-state index in [2.05, 4.69) is 31.9 Å². The second-order valence-corrected chi connectivity index (χ2v) is 6.57. The van der Waals surface area contributed by atoms with Crippen molar-refractivity contribution in [3.63, 3.8) is 0 Å². The molecule has 0 saturated heterocycles. The van der Waals surface area contributed by atoms with E-state index in [1.807, 2.05) is 0 Å². The summed E-state index contributed by atoms with van der Waals surface area (Å²) in [5, 5.41) is 8.68. The molecule has 0 spiro atoms. The van der Waals surface area contributed by atoms with Gasteiger partial charge in [-0.05, 0) is 34.5 Å². The summed E-state index contributed by atoms with van der Waals surface area (Å²) in [6, 6.07) is 2.86. The third-order valence-electron chi connectivity index (χ3n) is 2.23. The van der Waals surface area contributed by atoms with Gasteiger partial charge < -0.3 is 14.6 Å². The van der Waals surface area contributed by atoms with Crippen LogP contribution in [0, 0.1) is 0 Å². The van der Waals surface area contributed by atoms with Crippen molar-refractivity contribution in [2.45, 2.75) is 11.8 Å². The van der Waals surface area contributed by atoms with Crippen LogP contribution < -0.4 is 4.74 Å². The highest BCUT2D eigenvalue weighted by molar-refractivity contribution is 9.11. The molecule has 1 rings (SSSR count). The van der Waals surface area contributed by atoms with Crippen molar-refractivity contribution in [1.82, 2.24) is 0 Å². The molecule has 1 atom stereocenters. The van der Waals surface area contributed by atoms with Crippen LogP contribution in [0.3, 0.4) is 0 Å². The maximum absolute atomic E-state index is 11.6. The summed E-state index contributed by atoms with van der Waals surface area (Å²) in [5.74, 6) is -1.04. The van der Waals surface area contributed by atoms with E-state index in [1.54, 1.807) is 6.07 Å². The number of carbonyl (C=O) groups is 2. The maximum atomic E-state index is 11.6. The molecule has 0 saturated carbocycles. The van der Waals surface area contributed by atoms with E-state index in [9.17, 15) is 9.59 Å². The number of alkyl halides is 2. The van der Waals surface area contributed by atoms with E-state index < -0.39 is 17.5 Å². The average molecular weight is 465 g/mol. The third-order valence-corrected chi connectivity index (χ3v) is 3.84. The number of carboxylic acids is 1. The molecule has 5 nitrogen and oxygen atoms in total. The van der Waals surface area contributed by atoms with Gasteiger partial charge in [0.2, 0.25) is 0 Å². The van der Waals surface area contributed by atoms with Crippen LogP contribution in [0.5, 0.6) is 5.75 Å². The fraction of sp³-hybridized carbons (Fsp3) is 0.333. The quantitative estimate of drug-likeness (QED) is 0.376. The fourth-order valence-electron chi connectivity index (χ4n) is 1.30. The molecule has 0 bridgehead atoms. The first-order valence-electron chi connectivity index (χ1n) is 5.62. The molecule has 0 aromatic heterocycles. The molecule has 0 radical (unpaired) electrons. The Labute approximate surface area is 147 Å². The molecule has 0 amide bonds. The zero-order valence-electron chi connectivity index (χ0n) is 10.4. The van der Waals surface area contributed by atoms with E-state index in [1.165, 1.54) is 6.07 Å². The first-order chi connectivity index (χ1) is 9.85. The number of hydrogen-bond donors (Lipinski definition) is 1. The van der Waals surface area contributed by atoms with E-state index in [-0.39, 0.29) is 17.9 Å². The maximum Gasteiger partial charge on any atom is 0.513 e. The lowest BCUT2D eigenvalue weighted by Crippen LogP contribution is -2.18. The molecule has 1 N–H and O–H groups in total. The Morgan fingerprint density at radius 2 is 2.00 bits per heavy atom. The Morgan fingerprint density at radius 1 is 1.33 bits per heavy atom. The Morgan fingerprint density at radius 3 is 2.57 bits per heavy atom. The lowest BCUT2D eigenvalue weighted by atomic mass is 10.2. The minimum absolute atomic E-state index is 0.0797. The minimum Gasteiger partial charge on any atom is -0.478 e. The molecule has 1 aromatic rings. The number of rotatable bonds is 6. The molecule has 0 heterocycles. The Balaban J connectivity index is 2.78. The van der Waals surface area contributed by atoms with Gasteiger partial charge in [-0.1, -0.05) is 15.9 Å². The van der Waals surface area contributed by atoms with Gasteiger partial charge in [0.05, 0.1) is 9.85 Å². The van der Waals surface area contributed by atoms with Crippen LogP contribution in [0.25, 0.3) is 0 Å². The number of ether oxygens (including phenoxy) is 2. The Bertz CT molecular complexity index is 539. The highest BCUT2D eigenvalue weighted by Gasteiger charge is 2.20. The van der Waals surface area contributed by atoms with E-state index in [4.69, 9.17) is 37.8 Å². The van der Waals surface area contributed by atoms with E-state index in [0.717, 1.165) is 0 Å². The van der Waals surface area contributed by atoms with Crippen LogP contribution >= 0.6 is 55.1 Å². The summed E-state index contributed by atoms with van der Waals surface area (Å²) in [7, 11) is 0. The number of halogens is 4. The summed E-state index contributed by atoms with van der Waals surface area (Å²) in [6.07, 6.45) is -0.570. The van der Waals surface area contributed by atoms with Gasteiger partial charge in [-0.3, -0.25) is 0 Å². The van der Waals surface area contributed by atoms with Crippen LogP contribution in [0.2, 0.25) is 0 Å². The van der Waals surface area contributed by atoms with Crippen molar-refractivity contribution < 1.29 is 24.2 Å². The zero-order valence-corrected chi connectivity index (χ0v) is 15.1. The predicted molar refractivity (Wildman–Crippen MR) is 85.8 cm³/mol. The molecular formula is C12H10Br2Cl2O5. The van der Waals surface area contributed by atoms with Crippen LogP contribution in [0.4, 0.5) is 4.79 Å². The molecule has 0 fully saturated rings. The van der Waals surface area contributed by atoms with Crippen molar-refractivity contribution in [2.75, 3.05) is 12.5 Å². The molecule has 1 unspecified atom stereocenters. The molecule has 0 aliphatic heterocycles. The molecule has 116 valence electrons. The van der Waals surface area contributed by atoms with Crippen LogP contribution in [0.15, 0.2) is 21.1 Å². The number of benzene rings is 1. The molecule has 9 heteroatoms. The van der Waals surface area contributed by atoms with Gasteiger partial charge in [0.25, 0.3) is 0 Å². The van der Waals surface area contributed by atoms with E-state index >= 15 is 0 Å². The molecule has 21 heavy (non-hydrogen) atoms. The standard InChI is InChI=1S/C12H10Br2Cl2O5/c13-6-3-8(11(17)18)10(9(14)4-6)21-12(19)20-5-7(16)1-2-15/h3-4,7H,1-2,5H2,(H,17,18). The lowest BCUT2D eigenvalue weighted by molar-refractivity contribution is 0.0689. The summed E-state index contributed by atoms with van der Waals surface area (Å²) in [6.45, 7) is -0.0797. The number of carboxylic acid groups (broad SMARTS) is 1. The lowest BCUT2D eigenvalue weighted by Gasteiger charge is -2.12. The highest BCUT2D eigenvalue weighted by Crippen LogP contribution is 2.33. The summed E-state index contributed by atoms with van der Waals surface area (Å²) in [4.78, 5) is 22.7. The second kappa shape index (κ2) is 8.82. The molecule has 0 aliphatic carbocycles. The average Bonchev–Trinajstić information content (AvgIpc) is 2.39. The van der Waals surface area contributed by atoms with Crippen molar-refractivity contribution in [2.24, 2.45) is 0 Å². The van der Waals surface area contributed by atoms with Crippen molar-refractivity contribution in [3.05, 3.63) is 26.6 Å². The first-order valence-corrected chi connectivity index (χ1v) is 8.17. The fourth-order valence-corrected chi connectivity index (χ4v) is 3.15. The zero-order chi connectivity index (χ0) is 16.0.